The van der Waals surface area contributed by atoms with E-state index in [-0.39, 0.29) is 23.4 Å². The number of esters is 1. The molecule has 0 unspecified atom stereocenters. The second kappa shape index (κ2) is 8.65. The first-order valence-electron chi connectivity index (χ1n) is 8.06. The smallest absolute Gasteiger partial charge is 0.339 e. The molecule has 0 radical (unpaired) electrons. The highest BCUT2D eigenvalue weighted by Gasteiger charge is 2.18. The van der Waals surface area contributed by atoms with Gasteiger partial charge in [-0.25, -0.2) is 10.2 Å². The van der Waals surface area contributed by atoms with Crippen molar-refractivity contribution >= 4 is 23.8 Å². The van der Waals surface area contributed by atoms with Gasteiger partial charge in [-0.05, 0) is 26.8 Å². The van der Waals surface area contributed by atoms with E-state index in [4.69, 9.17) is 4.74 Å². The third kappa shape index (κ3) is 4.94. The standard InChI is InChI=1S/C18H18N4O5/c1-4-27-18(24)16-9-15(11(2)20-12(16)3)17(23)21-19-10-13-6-5-7-14(8-13)22(25)26/h5-10H,4H2,1-3H3,(H,21,23). The van der Waals surface area contributed by atoms with E-state index < -0.39 is 16.8 Å². The first kappa shape index (κ1) is 19.7. The second-order valence-corrected chi connectivity index (χ2v) is 5.53. The lowest BCUT2D eigenvalue weighted by molar-refractivity contribution is -0.384. The van der Waals surface area contributed by atoms with Crippen LogP contribution in [-0.4, -0.2) is 34.6 Å². The number of hydrogen-bond acceptors (Lipinski definition) is 7. The number of hydrazone groups is 1. The van der Waals surface area contributed by atoms with Crippen molar-refractivity contribution in [2.75, 3.05) is 6.61 Å². The number of non-ortho nitro benzene ring substituents is 1. The highest BCUT2D eigenvalue weighted by Crippen LogP contribution is 2.14. The fourth-order valence-corrected chi connectivity index (χ4v) is 2.31. The monoisotopic (exact) mass is 370 g/mol. The molecule has 0 fully saturated rings. The molecule has 1 aromatic heterocycles. The summed E-state index contributed by atoms with van der Waals surface area (Å²) in [7, 11) is 0. The van der Waals surface area contributed by atoms with Gasteiger partial charge in [-0.2, -0.15) is 5.10 Å². The molecule has 140 valence electrons. The van der Waals surface area contributed by atoms with Crippen LogP contribution in [0.5, 0.6) is 0 Å². The summed E-state index contributed by atoms with van der Waals surface area (Å²) in [5, 5.41) is 14.6. The predicted octanol–water partition coefficient (Wildman–Crippen LogP) is 2.55. The summed E-state index contributed by atoms with van der Waals surface area (Å²) < 4.78 is 4.96. The summed E-state index contributed by atoms with van der Waals surface area (Å²) in [5.74, 6) is -1.12. The topological polar surface area (TPSA) is 124 Å². The third-order valence-electron chi connectivity index (χ3n) is 3.60. The van der Waals surface area contributed by atoms with Gasteiger partial charge in [0.15, 0.2) is 0 Å². The second-order valence-electron chi connectivity index (χ2n) is 5.53. The minimum absolute atomic E-state index is 0.0806. The van der Waals surface area contributed by atoms with Gasteiger partial charge in [-0.15, -0.1) is 0 Å². The summed E-state index contributed by atoms with van der Waals surface area (Å²) in [5.41, 5.74) is 3.98. The number of benzene rings is 1. The van der Waals surface area contributed by atoms with Crippen LogP contribution in [-0.2, 0) is 4.74 Å². The van der Waals surface area contributed by atoms with E-state index in [2.05, 4.69) is 15.5 Å². The average Bonchev–Trinajstić information content (AvgIpc) is 2.62. The molecule has 9 heteroatoms. The van der Waals surface area contributed by atoms with E-state index in [9.17, 15) is 19.7 Å². The Bertz CT molecular complexity index is 924. The summed E-state index contributed by atoms with van der Waals surface area (Å²) in [6, 6.07) is 7.22. The van der Waals surface area contributed by atoms with Crippen LogP contribution in [0.1, 0.15) is 44.6 Å². The molecule has 27 heavy (non-hydrogen) atoms. The Kier molecular flexibility index (Phi) is 6.32. The lowest BCUT2D eigenvalue weighted by Gasteiger charge is -2.09. The molecule has 2 rings (SSSR count). The van der Waals surface area contributed by atoms with E-state index in [1.165, 1.54) is 30.5 Å². The third-order valence-corrected chi connectivity index (χ3v) is 3.60. The van der Waals surface area contributed by atoms with Crippen molar-refractivity contribution in [1.29, 1.82) is 0 Å². The molecule has 0 atom stereocenters. The van der Waals surface area contributed by atoms with Crippen molar-refractivity contribution < 1.29 is 19.2 Å². The number of nitro benzene ring substituents is 1. The minimum Gasteiger partial charge on any atom is -0.462 e. The molecule has 2 aromatic rings. The fraction of sp³-hybridized carbons (Fsp3) is 0.222. The van der Waals surface area contributed by atoms with Crippen LogP contribution < -0.4 is 5.43 Å². The number of ether oxygens (including phenoxy) is 1. The van der Waals surface area contributed by atoms with Gasteiger partial charge in [0, 0.05) is 17.7 Å². The van der Waals surface area contributed by atoms with Crippen LogP contribution in [0.25, 0.3) is 0 Å². The normalized spacial score (nSPS) is 10.6. The Labute approximate surface area is 155 Å². The molecule has 1 aromatic carbocycles. The number of aromatic nitrogens is 1. The molecule has 9 nitrogen and oxygen atoms in total. The van der Waals surface area contributed by atoms with E-state index in [0.717, 1.165) is 0 Å². The Balaban J connectivity index is 2.18. The van der Waals surface area contributed by atoms with Crippen LogP contribution in [0.15, 0.2) is 35.4 Å². The maximum atomic E-state index is 12.3. The summed E-state index contributed by atoms with van der Waals surface area (Å²) >= 11 is 0. The Hall–Kier alpha value is -3.62. The predicted molar refractivity (Wildman–Crippen MR) is 97.8 cm³/mol. The van der Waals surface area contributed by atoms with Gasteiger partial charge in [0.2, 0.25) is 0 Å². The molecule has 0 saturated carbocycles. The number of nitro groups is 1. The highest BCUT2D eigenvalue weighted by molar-refractivity contribution is 5.99. The maximum Gasteiger partial charge on any atom is 0.339 e. The van der Waals surface area contributed by atoms with Crippen molar-refractivity contribution in [1.82, 2.24) is 10.4 Å². The van der Waals surface area contributed by atoms with Gasteiger partial charge in [0.1, 0.15) is 0 Å². The molecule has 1 N–H and O–H groups in total. The molecule has 0 spiro atoms. The number of amides is 1. The lowest BCUT2D eigenvalue weighted by atomic mass is 10.1. The zero-order chi connectivity index (χ0) is 20.0. The van der Waals surface area contributed by atoms with Gasteiger partial charge in [0.05, 0.1) is 40.3 Å². The largest absolute Gasteiger partial charge is 0.462 e. The maximum absolute atomic E-state index is 12.3. The van der Waals surface area contributed by atoms with Crippen LogP contribution in [0.4, 0.5) is 5.69 Å². The number of carbonyl (C=O) groups is 2. The zero-order valence-corrected chi connectivity index (χ0v) is 15.1. The lowest BCUT2D eigenvalue weighted by Crippen LogP contribution is -2.21. The molecular formula is C18H18N4O5. The molecule has 0 aliphatic heterocycles. The van der Waals surface area contributed by atoms with E-state index in [0.29, 0.717) is 17.0 Å². The van der Waals surface area contributed by atoms with Crippen LogP contribution >= 0.6 is 0 Å². The zero-order valence-electron chi connectivity index (χ0n) is 15.1. The molecule has 0 aliphatic carbocycles. The summed E-state index contributed by atoms with van der Waals surface area (Å²) in [4.78, 5) is 38.8. The van der Waals surface area contributed by atoms with Crippen molar-refractivity contribution in [3.8, 4) is 0 Å². The van der Waals surface area contributed by atoms with Crippen molar-refractivity contribution in [3.63, 3.8) is 0 Å². The first-order valence-corrected chi connectivity index (χ1v) is 8.06. The van der Waals surface area contributed by atoms with Crippen molar-refractivity contribution in [3.05, 3.63) is 68.5 Å². The quantitative estimate of drug-likeness (QED) is 0.361. The minimum atomic E-state index is -0.563. The molecule has 0 bridgehead atoms. The van der Waals surface area contributed by atoms with Crippen molar-refractivity contribution in [2.24, 2.45) is 5.10 Å². The highest BCUT2D eigenvalue weighted by atomic mass is 16.6. The van der Waals surface area contributed by atoms with Crippen LogP contribution in [0.3, 0.4) is 0 Å². The van der Waals surface area contributed by atoms with E-state index in [1.54, 1.807) is 26.8 Å². The number of carbonyl (C=O) groups excluding carboxylic acids is 2. The number of nitrogens with zero attached hydrogens (tertiary/aromatic N) is 3. The van der Waals surface area contributed by atoms with Crippen LogP contribution in [0.2, 0.25) is 0 Å². The fourth-order valence-electron chi connectivity index (χ4n) is 2.31. The van der Waals surface area contributed by atoms with E-state index in [1.807, 2.05) is 0 Å². The van der Waals surface area contributed by atoms with Gasteiger partial charge >= 0.3 is 5.97 Å². The molecular weight excluding hydrogens is 352 g/mol. The van der Waals surface area contributed by atoms with E-state index >= 15 is 0 Å². The number of nitrogens with one attached hydrogen (secondary N) is 1. The summed E-state index contributed by atoms with van der Waals surface area (Å²) in [6.07, 6.45) is 1.29. The SMILES string of the molecule is CCOC(=O)c1cc(C(=O)NN=Cc2cccc([N+](=O)[O-])c2)c(C)nc1C. The van der Waals surface area contributed by atoms with Gasteiger partial charge < -0.3 is 4.74 Å². The number of rotatable bonds is 6. The molecule has 1 heterocycles. The Morgan fingerprint density at radius 3 is 2.63 bits per heavy atom. The molecule has 0 aliphatic rings. The number of aryl methyl sites for hydroxylation is 2. The Morgan fingerprint density at radius 2 is 1.96 bits per heavy atom. The molecule has 0 saturated heterocycles. The first-order chi connectivity index (χ1) is 12.8. The Morgan fingerprint density at radius 1 is 1.26 bits per heavy atom. The van der Waals surface area contributed by atoms with Crippen LogP contribution in [0, 0.1) is 24.0 Å². The average molecular weight is 370 g/mol. The summed E-state index contributed by atoms with van der Waals surface area (Å²) in [6.45, 7) is 5.19. The van der Waals surface area contributed by atoms with Gasteiger partial charge in [-0.1, -0.05) is 12.1 Å². The van der Waals surface area contributed by atoms with Gasteiger partial charge in [-0.3, -0.25) is 19.9 Å². The van der Waals surface area contributed by atoms with Gasteiger partial charge in [0.25, 0.3) is 11.6 Å². The molecule has 1 amide bonds. The number of hydrogen-bond donors (Lipinski definition) is 1. The van der Waals surface area contributed by atoms with Crippen molar-refractivity contribution in [2.45, 2.75) is 20.8 Å². The number of pyridine rings is 1.